The predicted molar refractivity (Wildman–Crippen MR) is 56.9 cm³/mol. The van der Waals surface area contributed by atoms with Gasteiger partial charge in [-0.25, -0.2) is 0 Å². The number of rotatable bonds is 6. The van der Waals surface area contributed by atoms with Crippen LogP contribution in [-0.4, -0.2) is 31.6 Å². The lowest BCUT2D eigenvalue weighted by Crippen LogP contribution is -2.32. The molecule has 1 fully saturated rings. The van der Waals surface area contributed by atoms with Crippen LogP contribution in [-0.2, 0) is 4.79 Å². The first kappa shape index (κ1) is 11.5. The lowest BCUT2D eigenvalue weighted by molar-refractivity contribution is -0.121. The molecular formula is C10H21N3O. The largest absolute Gasteiger partial charge is 0.356 e. The van der Waals surface area contributed by atoms with Crippen LogP contribution in [0.5, 0.6) is 0 Å². The molecule has 1 unspecified atom stereocenters. The summed E-state index contributed by atoms with van der Waals surface area (Å²) in [5, 5.41) is 6.22. The number of hydrogen-bond donors (Lipinski definition) is 3. The van der Waals surface area contributed by atoms with Crippen molar-refractivity contribution in [3.63, 3.8) is 0 Å². The van der Waals surface area contributed by atoms with Gasteiger partial charge < -0.3 is 16.4 Å². The Hall–Kier alpha value is -0.610. The van der Waals surface area contributed by atoms with Crippen LogP contribution in [0.15, 0.2) is 0 Å². The van der Waals surface area contributed by atoms with Gasteiger partial charge >= 0.3 is 0 Å². The van der Waals surface area contributed by atoms with Crippen LogP contribution in [0.3, 0.4) is 0 Å². The predicted octanol–water partition coefficient (Wildman–Crippen LogP) is -0.0164. The van der Waals surface area contributed by atoms with Crippen molar-refractivity contribution in [3.05, 3.63) is 0 Å². The number of unbranched alkanes of at least 4 members (excludes halogenated alkanes) is 1. The lowest BCUT2D eigenvalue weighted by atomic mass is 10.1. The van der Waals surface area contributed by atoms with Crippen LogP contribution in [0.25, 0.3) is 0 Å². The van der Waals surface area contributed by atoms with Gasteiger partial charge in [-0.05, 0) is 38.8 Å². The molecular weight excluding hydrogens is 178 g/mol. The van der Waals surface area contributed by atoms with E-state index in [4.69, 9.17) is 5.73 Å². The third kappa shape index (κ3) is 4.58. The molecule has 4 nitrogen and oxygen atoms in total. The second kappa shape index (κ2) is 6.79. The SMILES string of the molecule is NCCCCNC(=O)CC1CCCN1. The normalized spacial score (nSPS) is 21.1. The minimum atomic E-state index is 0.168. The molecule has 1 saturated heterocycles. The van der Waals surface area contributed by atoms with Crippen LogP contribution in [0.1, 0.15) is 32.1 Å². The maximum Gasteiger partial charge on any atom is 0.221 e. The maximum absolute atomic E-state index is 11.4. The van der Waals surface area contributed by atoms with E-state index >= 15 is 0 Å². The quantitative estimate of drug-likeness (QED) is 0.527. The Bertz CT molecular complexity index is 167. The Labute approximate surface area is 85.6 Å². The molecule has 1 aliphatic rings. The summed E-state index contributed by atoms with van der Waals surface area (Å²) in [6.45, 7) is 2.54. The Morgan fingerprint density at radius 2 is 2.36 bits per heavy atom. The van der Waals surface area contributed by atoms with Crippen molar-refractivity contribution >= 4 is 5.91 Å². The molecule has 0 saturated carbocycles. The minimum absolute atomic E-state index is 0.168. The van der Waals surface area contributed by atoms with Gasteiger partial charge in [0.15, 0.2) is 0 Å². The smallest absolute Gasteiger partial charge is 0.221 e. The molecule has 1 atom stereocenters. The zero-order valence-corrected chi connectivity index (χ0v) is 8.72. The molecule has 4 N–H and O–H groups in total. The van der Waals surface area contributed by atoms with E-state index in [9.17, 15) is 4.79 Å². The van der Waals surface area contributed by atoms with E-state index in [-0.39, 0.29) is 5.91 Å². The van der Waals surface area contributed by atoms with Crippen molar-refractivity contribution in [2.75, 3.05) is 19.6 Å². The highest BCUT2D eigenvalue weighted by Crippen LogP contribution is 2.07. The minimum Gasteiger partial charge on any atom is -0.356 e. The van der Waals surface area contributed by atoms with Crippen LogP contribution in [0, 0.1) is 0 Å². The van der Waals surface area contributed by atoms with Gasteiger partial charge in [-0.15, -0.1) is 0 Å². The summed E-state index contributed by atoms with van der Waals surface area (Å²) >= 11 is 0. The Morgan fingerprint density at radius 1 is 1.50 bits per heavy atom. The molecule has 0 spiro atoms. The fourth-order valence-corrected chi connectivity index (χ4v) is 1.72. The van der Waals surface area contributed by atoms with Gasteiger partial charge in [0, 0.05) is 19.0 Å². The zero-order valence-electron chi connectivity index (χ0n) is 8.72. The fourth-order valence-electron chi connectivity index (χ4n) is 1.72. The van der Waals surface area contributed by atoms with Crippen LogP contribution in [0.2, 0.25) is 0 Å². The van der Waals surface area contributed by atoms with Crippen molar-refractivity contribution in [1.82, 2.24) is 10.6 Å². The van der Waals surface area contributed by atoms with E-state index in [0.717, 1.165) is 32.4 Å². The van der Waals surface area contributed by atoms with E-state index in [2.05, 4.69) is 10.6 Å². The molecule has 1 heterocycles. The summed E-state index contributed by atoms with van der Waals surface area (Å²) in [7, 11) is 0. The molecule has 0 radical (unpaired) electrons. The third-order valence-electron chi connectivity index (χ3n) is 2.55. The van der Waals surface area contributed by atoms with Crippen molar-refractivity contribution in [3.8, 4) is 0 Å². The summed E-state index contributed by atoms with van der Waals surface area (Å²) in [5.41, 5.74) is 5.35. The summed E-state index contributed by atoms with van der Waals surface area (Å²) in [6.07, 6.45) is 4.94. The molecule has 0 aromatic rings. The van der Waals surface area contributed by atoms with E-state index in [1.165, 1.54) is 6.42 Å². The topological polar surface area (TPSA) is 67.1 Å². The number of nitrogens with two attached hydrogens (primary N) is 1. The Morgan fingerprint density at radius 3 is 3.00 bits per heavy atom. The van der Waals surface area contributed by atoms with Gasteiger partial charge in [0.25, 0.3) is 0 Å². The molecule has 0 aromatic heterocycles. The first-order chi connectivity index (χ1) is 6.83. The Balaban J connectivity index is 1.98. The van der Waals surface area contributed by atoms with E-state index in [0.29, 0.717) is 19.0 Å². The van der Waals surface area contributed by atoms with Crippen molar-refractivity contribution < 1.29 is 4.79 Å². The number of hydrogen-bond acceptors (Lipinski definition) is 3. The highest BCUT2D eigenvalue weighted by atomic mass is 16.1. The van der Waals surface area contributed by atoms with Gasteiger partial charge in [0.2, 0.25) is 5.91 Å². The fraction of sp³-hybridized carbons (Fsp3) is 0.900. The van der Waals surface area contributed by atoms with Crippen molar-refractivity contribution in [2.24, 2.45) is 5.73 Å². The monoisotopic (exact) mass is 199 g/mol. The number of carbonyl (C=O) groups excluding carboxylic acids is 1. The molecule has 4 heteroatoms. The third-order valence-corrected chi connectivity index (χ3v) is 2.55. The van der Waals surface area contributed by atoms with Gasteiger partial charge in [-0.1, -0.05) is 0 Å². The highest BCUT2D eigenvalue weighted by Gasteiger charge is 2.16. The van der Waals surface area contributed by atoms with Crippen molar-refractivity contribution in [2.45, 2.75) is 38.1 Å². The summed E-state index contributed by atoms with van der Waals surface area (Å²) in [5.74, 6) is 0.168. The molecule has 1 aliphatic heterocycles. The molecule has 1 amide bonds. The highest BCUT2D eigenvalue weighted by molar-refractivity contribution is 5.76. The standard InChI is InChI=1S/C10H21N3O/c11-5-1-2-6-13-10(14)8-9-4-3-7-12-9/h9,12H,1-8,11H2,(H,13,14). The zero-order chi connectivity index (χ0) is 10.2. The molecule has 82 valence electrons. The van der Waals surface area contributed by atoms with Gasteiger partial charge in [-0.2, -0.15) is 0 Å². The summed E-state index contributed by atoms with van der Waals surface area (Å²) < 4.78 is 0. The summed E-state index contributed by atoms with van der Waals surface area (Å²) in [4.78, 5) is 11.4. The van der Waals surface area contributed by atoms with Crippen LogP contribution < -0.4 is 16.4 Å². The molecule has 0 aliphatic carbocycles. The summed E-state index contributed by atoms with van der Waals surface area (Å²) in [6, 6.07) is 0.407. The van der Waals surface area contributed by atoms with Crippen LogP contribution in [0.4, 0.5) is 0 Å². The van der Waals surface area contributed by atoms with E-state index in [1.54, 1.807) is 0 Å². The van der Waals surface area contributed by atoms with Crippen LogP contribution >= 0.6 is 0 Å². The second-order valence-corrected chi connectivity index (χ2v) is 3.84. The molecule has 1 rings (SSSR count). The van der Waals surface area contributed by atoms with Gasteiger partial charge in [0.1, 0.15) is 0 Å². The molecule has 0 aromatic carbocycles. The maximum atomic E-state index is 11.4. The van der Waals surface area contributed by atoms with Gasteiger partial charge in [-0.3, -0.25) is 4.79 Å². The average molecular weight is 199 g/mol. The van der Waals surface area contributed by atoms with E-state index < -0.39 is 0 Å². The number of carbonyl (C=O) groups is 1. The van der Waals surface area contributed by atoms with Crippen molar-refractivity contribution in [1.29, 1.82) is 0 Å². The second-order valence-electron chi connectivity index (χ2n) is 3.84. The number of nitrogens with one attached hydrogen (secondary N) is 2. The molecule has 14 heavy (non-hydrogen) atoms. The molecule has 0 bridgehead atoms. The lowest BCUT2D eigenvalue weighted by Gasteiger charge is -2.09. The first-order valence-corrected chi connectivity index (χ1v) is 5.53. The number of amides is 1. The Kier molecular flexibility index (Phi) is 5.56. The van der Waals surface area contributed by atoms with Gasteiger partial charge in [0.05, 0.1) is 0 Å². The average Bonchev–Trinajstić information content (AvgIpc) is 2.65. The van der Waals surface area contributed by atoms with E-state index in [1.807, 2.05) is 0 Å². The first-order valence-electron chi connectivity index (χ1n) is 5.53.